The van der Waals surface area contributed by atoms with Crippen molar-refractivity contribution in [3.63, 3.8) is 0 Å². The number of carbonyl (C=O) groups excluding carboxylic acids is 2. The fraction of sp³-hybridized carbons (Fsp3) is 0.310. The van der Waals surface area contributed by atoms with Crippen molar-refractivity contribution < 1.29 is 9.59 Å². The summed E-state index contributed by atoms with van der Waals surface area (Å²) in [4.78, 5) is 29.0. The van der Waals surface area contributed by atoms with E-state index in [2.05, 4.69) is 5.32 Å². The van der Waals surface area contributed by atoms with Crippen molar-refractivity contribution >= 4 is 35.0 Å². The summed E-state index contributed by atoms with van der Waals surface area (Å²) in [5.41, 5.74) is 3.82. The smallest absolute Gasteiger partial charge is 0.243 e. The molecule has 3 rings (SSSR count). The van der Waals surface area contributed by atoms with Crippen molar-refractivity contribution in [2.24, 2.45) is 5.92 Å². The van der Waals surface area contributed by atoms with E-state index in [4.69, 9.17) is 23.2 Å². The minimum atomic E-state index is -0.661. The largest absolute Gasteiger partial charge is 0.354 e. The average molecular weight is 511 g/mol. The Morgan fingerprint density at radius 1 is 0.886 bits per heavy atom. The van der Waals surface area contributed by atoms with Gasteiger partial charge in [-0.1, -0.05) is 97.7 Å². The molecule has 3 aromatic rings. The first-order valence-corrected chi connectivity index (χ1v) is 12.6. The lowest BCUT2D eigenvalue weighted by atomic mass is 10.00. The van der Waals surface area contributed by atoms with Crippen molar-refractivity contribution in [3.8, 4) is 0 Å². The Bertz CT molecular complexity index is 1150. The van der Waals surface area contributed by atoms with Gasteiger partial charge in [0.2, 0.25) is 11.8 Å². The first-order chi connectivity index (χ1) is 16.7. The van der Waals surface area contributed by atoms with Crippen LogP contribution in [0.1, 0.15) is 36.1 Å². The molecule has 0 aromatic heterocycles. The molecule has 0 saturated heterocycles. The van der Waals surface area contributed by atoms with E-state index < -0.39 is 6.04 Å². The third kappa shape index (κ3) is 7.84. The SMILES string of the molecule is Cc1ccccc1CN(C(=O)Cc1ccc(Cl)c(Cl)c1)[C@@H](Cc1ccccc1)C(=O)NCC(C)C. The fourth-order valence-electron chi connectivity index (χ4n) is 3.87. The highest BCUT2D eigenvalue weighted by atomic mass is 35.5. The molecule has 0 radical (unpaired) electrons. The fourth-order valence-corrected chi connectivity index (χ4v) is 4.19. The molecule has 0 aliphatic rings. The van der Waals surface area contributed by atoms with Crippen LogP contribution in [0.4, 0.5) is 0 Å². The van der Waals surface area contributed by atoms with Crippen LogP contribution in [0.15, 0.2) is 72.8 Å². The lowest BCUT2D eigenvalue weighted by Crippen LogP contribution is -2.51. The van der Waals surface area contributed by atoms with Gasteiger partial charge in [0.15, 0.2) is 0 Å². The van der Waals surface area contributed by atoms with Crippen molar-refractivity contribution in [2.45, 2.75) is 46.2 Å². The Kier molecular flexibility index (Phi) is 9.76. The Morgan fingerprint density at radius 2 is 1.57 bits per heavy atom. The zero-order chi connectivity index (χ0) is 25.4. The van der Waals surface area contributed by atoms with Gasteiger partial charge >= 0.3 is 0 Å². The summed E-state index contributed by atoms with van der Waals surface area (Å²) >= 11 is 12.3. The number of aryl methyl sites for hydroxylation is 1. The van der Waals surface area contributed by atoms with E-state index in [0.717, 1.165) is 22.3 Å². The Morgan fingerprint density at radius 3 is 2.23 bits per heavy atom. The highest BCUT2D eigenvalue weighted by Crippen LogP contribution is 2.24. The molecule has 0 aliphatic heterocycles. The molecule has 0 saturated carbocycles. The second-order valence-electron chi connectivity index (χ2n) is 9.22. The minimum absolute atomic E-state index is 0.117. The molecule has 6 heteroatoms. The van der Waals surface area contributed by atoms with Crippen LogP contribution >= 0.6 is 23.2 Å². The molecule has 0 spiro atoms. The van der Waals surface area contributed by atoms with Crippen LogP contribution < -0.4 is 5.32 Å². The molecule has 1 atom stereocenters. The number of nitrogens with zero attached hydrogens (tertiary/aromatic N) is 1. The molecule has 35 heavy (non-hydrogen) atoms. The first-order valence-electron chi connectivity index (χ1n) is 11.8. The predicted molar refractivity (Wildman–Crippen MR) is 144 cm³/mol. The average Bonchev–Trinajstić information content (AvgIpc) is 2.83. The summed E-state index contributed by atoms with van der Waals surface area (Å²) in [5, 5.41) is 3.89. The molecule has 2 amide bonds. The van der Waals surface area contributed by atoms with Crippen LogP contribution in [-0.4, -0.2) is 29.3 Å². The predicted octanol–water partition coefficient (Wildman–Crippen LogP) is 6.26. The summed E-state index contributed by atoms with van der Waals surface area (Å²) in [6, 6.07) is 22.3. The summed E-state index contributed by atoms with van der Waals surface area (Å²) < 4.78 is 0. The molecule has 0 heterocycles. The Labute approximate surface area is 218 Å². The number of hydrogen-bond donors (Lipinski definition) is 1. The number of rotatable bonds is 10. The van der Waals surface area contributed by atoms with Crippen LogP contribution in [0.2, 0.25) is 10.0 Å². The Hall–Kier alpha value is -2.82. The summed E-state index contributed by atoms with van der Waals surface area (Å²) in [6.07, 6.45) is 0.537. The van der Waals surface area contributed by atoms with Gasteiger partial charge in [-0.25, -0.2) is 0 Å². The van der Waals surface area contributed by atoms with E-state index in [-0.39, 0.29) is 18.2 Å². The van der Waals surface area contributed by atoms with Crippen LogP contribution in [0.25, 0.3) is 0 Å². The zero-order valence-electron chi connectivity index (χ0n) is 20.4. The molecule has 184 valence electrons. The topological polar surface area (TPSA) is 49.4 Å². The van der Waals surface area contributed by atoms with E-state index in [1.807, 2.05) is 75.4 Å². The number of benzene rings is 3. The second kappa shape index (κ2) is 12.8. The molecular formula is C29H32Cl2N2O2. The van der Waals surface area contributed by atoms with E-state index in [1.54, 1.807) is 23.1 Å². The molecule has 3 aromatic carbocycles. The molecule has 0 unspecified atom stereocenters. The highest BCUT2D eigenvalue weighted by molar-refractivity contribution is 6.42. The molecule has 0 fully saturated rings. The van der Waals surface area contributed by atoms with Crippen LogP contribution in [0.3, 0.4) is 0 Å². The van der Waals surface area contributed by atoms with Gasteiger partial charge < -0.3 is 10.2 Å². The van der Waals surface area contributed by atoms with Gasteiger partial charge in [-0.15, -0.1) is 0 Å². The third-order valence-corrected chi connectivity index (χ3v) is 6.64. The van der Waals surface area contributed by atoms with Gasteiger partial charge in [0.25, 0.3) is 0 Å². The van der Waals surface area contributed by atoms with Gasteiger partial charge in [-0.2, -0.15) is 0 Å². The van der Waals surface area contributed by atoms with Crippen LogP contribution in [-0.2, 0) is 29.0 Å². The number of nitrogens with one attached hydrogen (secondary N) is 1. The standard InChI is InChI=1S/C29H32Cl2N2O2/c1-20(2)18-32-29(35)27(16-22-10-5-4-6-11-22)33(19-24-12-8-7-9-21(24)3)28(34)17-23-13-14-25(30)26(31)15-23/h4-15,20,27H,16-19H2,1-3H3,(H,32,35)/t27-/m0/s1. The lowest BCUT2D eigenvalue weighted by molar-refractivity contribution is -0.140. The van der Waals surface area contributed by atoms with Gasteiger partial charge in [0, 0.05) is 19.5 Å². The van der Waals surface area contributed by atoms with Gasteiger partial charge in [-0.05, 0) is 47.2 Å². The summed E-state index contributed by atoms with van der Waals surface area (Å²) in [7, 11) is 0. The molecule has 0 aliphatic carbocycles. The molecule has 0 bridgehead atoms. The molecule has 4 nitrogen and oxygen atoms in total. The van der Waals surface area contributed by atoms with Crippen LogP contribution in [0.5, 0.6) is 0 Å². The van der Waals surface area contributed by atoms with Crippen molar-refractivity contribution in [2.75, 3.05) is 6.54 Å². The van der Waals surface area contributed by atoms with Crippen molar-refractivity contribution in [1.29, 1.82) is 0 Å². The summed E-state index contributed by atoms with van der Waals surface area (Å²) in [6.45, 7) is 6.99. The maximum atomic E-state index is 13.8. The van der Waals surface area contributed by atoms with E-state index in [9.17, 15) is 9.59 Å². The highest BCUT2D eigenvalue weighted by Gasteiger charge is 2.30. The molecular weight excluding hydrogens is 479 g/mol. The first kappa shape index (κ1) is 26.8. The van der Waals surface area contributed by atoms with E-state index in [1.165, 1.54) is 0 Å². The second-order valence-corrected chi connectivity index (χ2v) is 10.0. The number of hydrogen-bond acceptors (Lipinski definition) is 2. The maximum Gasteiger partial charge on any atom is 0.243 e. The monoisotopic (exact) mass is 510 g/mol. The van der Waals surface area contributed by atoms with Crippen LogP contribution in [0, 0.1) is 12.8 Å². The summed E-state index contributed by atoms with van der Waals surface area (Å²) in [5.74, 6) is -0.000972. The van der Waals surface area contributed by atoms with E-state index in [0.29, 0.717) is 35.5 Å². The minimum Gasteiger partial charge on any atom is -0.354 e. The van der Waals surface area contributed by atoms with Gasteiger partial charge in [0.05, 0.1) is 16.5 Å². The maximum absolute atomic E-state index is 13.8. The zero-order valence-corrected chi connectivity index (χ0v) is 21.9. The quantitative estimate of drug-likeness (QED) is 0.350. The van der Waals surface area contributed by atoms with Gasteiger partial charge in [-0.3, -0.25) is 9.59 Å². The normalized spacial score (nSPS) is 11.8. The van der Waals surface area contributed by atoms with E-state index >= 15 is 0 Å². The number of halogens is 2. The van der Waals surface area contributed by atoms with Crippen molar-refractivity contribution in [3.05, 3.63) is 105 Å². The Balaban J connectivity index is 1.98. The molecule has 1 N–H and O–H groups in total. The third-order valence-electron chi connectivity index (χ3n) is 5.90. The lowest BCUT2D eigenvalue weighted by Gasteiger charge is -2.32. The van der Waals surface area contributed by atoms with Crippen molar-refractivity contribution in [1.82, 2.24) is 10.2 Å². The van der Waals surface area contributed by atoms with Gasteiger partial charge in [0.1, 0.15) is 6.04 Å². The number of amides is 2. The number of carbonyl (C=O) groups is 2.